The summed E-state index contributed by atoms with van der Waals surface area (Å²) in [7, 11) is 0. The first-order valence-corrected chi connectivity index (χ1v) is 6.72. The number of aliphatic hydroxyl groups is 1. The third-order valence-electron chi connectivity index (χ3n) is 4.75. The van der Waals surface area contributed by atoms with Crippen molar-refractivity contribution in [1.82, 2.24) is 0 Å². The third-order valence-corrected chi connectivity index (χ3v) is 4.75. The van der Waals surface area contributed by atoms with Gasteiger partial charge in [0.05, 0.1) is 12.0 Å². The van der Waals surface area contributed by atoms with E-state index >= 15 is 0 Å². The number of hydrogen-bond acceptors (Lipinski definition) is 4. The fraction of sp³-hybridized carbons (Fsp3) is 0.600. The summed E-state index contributed by atoms with van der Waals surface area (Å²) in [6.45, 7) is 5.59. The Labute approximate surface area is 117 Å². The molecule has 0 spiro atoms. The van der Waals surface area contributed by atoms with Gasteiger partial charge in [0.15, 0.2) is 5.78 Å². The van der Waals surface area contributed by atoms with E-state index in [9.17, 15) is 14.7 Å². The van der Waals surface area contributed by atoms with Crippen LogP contribution in [-0.4, -0.2) is 34.5 Å². The summed E-state index contributed by atoms with van der Waals surface area (Å²) in [5, 5.41) is 10.3. The molecule has 0 aromatic rings. The number of esters is 1. The first-order valence-electron chi connectivity index (χ1n) is 6.72. The van der Waals surface area contributed by atoms with Crippen LogP contribution in [0.4, 0.5) is 0 Å². The largest absolute Gasteiger partial charge is 0.461 e. The van der Waals surface area contributed by atoms with Crippen LogP contribution in [-0.2, 0) is 14.3 Å². The van der Waals surface area contributed by atoms with Gasteiger partial charge in [0.2, 0.25) is 0 Å². The molecule has 3 unspecified atom stereocenters. The van der Waals surface area contributed by atoms with Crippen LogP contribution in [0.5, 0.6) is 0 Å². The molecule has 0 aromatic heterocycles. The summed E-state index contributed by atoms with van der Waals surface area (Å²) < 4.78 is 5.48. The molecule has 2 aliphatic carbocycles. The molecule has 3 aliphatic rings. The summed E-state index contributed by atoms with van der Waals surface area (Å²) in [4.78, 5) is 23.9. The Hall–Kier alpha value is -1.46. The molecule has 0 aromatic carbocycles. The smallest absolute Gasteiger partial charge is 0.309 e. The lowest BCUT2D eigenvalue weighted by Gasteiger charge is -2.26. The van der Waals surface area contributed by atoms with E-state index < -0.39 is 12.2 Å². The van der Waals surface area contributed by atoms with E-state index in [-0.39, 0.29) is 35.0 Å². The van der Waals surface area contributed by atoms with Crippen molar-refractivity contribution in [2.75, 3.05) is 0 Å². The fourth-order valence-electron chi connectivity index (χ4n) is 3.82. The van der Waals surface area contributed by atoms with Gasteiger partial charge >= 0.3 is 5.97 Å². The maximum Gasteiger partial charge on any atom is 0.309 e. The Morgan fingerprint density at radius 3 is 2.60 bits per heavy atom. The van der Waals surface area contributed by atoms with Gasteiger partial charge in [0.25, 0.3) is 0 Å². The Balaban J connectivity index is 0.00000147. The van der Waals surface area contributed by atoms with Crippen LogP contribution in [0.2, 0.25) is 0 Å². The van der Waals surface area contributed by atoms with Gasteiger partial charge in [0.1, 0.15) is 6.10 Å². The van der Waals surface area contributed by atoms with Crippen molar-refractivity contribution in [3.05, 3.63) is 22.8 Å². The minimum atomic E-state index is -0.620. The van der Waals surface area contributed by atoms with Crippen molar-refractivity contribution in [1.29, 1.82) is 0 Å². The third kappa shape index (κ3) is 1.84. The minimum Gasteiger partial charge on any atom is -0.461 e. The number of rotatable bonds is 0. The maximum absolute atomic E-state index is 12.1. The van der Waals surface area contributed by atoms with Crippen molar-refractivity contribution in [3.8, 4) is 0 Å². The number of ether oxygens (including phenoxy) is 1. The molecule has 5 heteroatoms. The lowest BCUT2D eigenvalue weighted by molar-refractivity contribution is -0.144. The number of hydrogen-bond donors (Lipinski definition) is 1. The van der Waals surface area contributed by atoms with Gasteiger partial charge < -0.3 is 15.3 Å². The lowest BCUT2D eigenvalue weighted by Crippen LogP contribution is -2.35. The maximum atomic E-state index is 12.1. The summed E-state index contributed by atoms with van der Waals surface area (Å²) in [5.74, 6) is -0.957. The summed E-state index contributed by atoms with van der Waals surface area (Å²) in [6, 6.07) is 0. The molecule has 1 fully saturated rings. The molecule has 0 saturated carbocycles. The van der Waals surface area contributed by atoms with Crippen molar-refractivity contribution in [3.63, 3.8) is 0 Å². The highest BCUT2D eigenvalue weighted by Gasteiger charge is 2.53. The average molecular weight is 280 g/mol. The first-order chi connectivity index (χ1) is 8.91. The molecule has 1 saturated heterocycles. The monoisotopic (exact) mass is 280 g/mol. The molecule has 0 radical (unpaired) electrons. The Morgan fingerprint density at radius 2 is 1.95 bits per heavy atom. The molecule has 0 bridgehead atoms. The zero-order chi connectivity index (χ0) is 13.9. The average Bonchev–Trinajstić information content (AvgIpc) is 2.72. The SMILES string of the molecule is CC1=CC(=O)C2=C(C)C[C@H](O)C3C(C)C(=O)O[C@@H]3C12.O. The zero-order valence-electron chi connectivity index (χ0n) is 11.8. The highest BCUT2D eigenvalue weighted by atomic mass is 16.6. The molecule has 1 heterocycles. The topological polar surface area (TPSA) is 95.1 Å². The normalized spacial score (nSPS) is 39.6. The van der Waals surface area contributed by atoms with Crippen molar-refractivity contribution in [2.45, 2.75) is 39.4 Å². The number of aliphatic hydroxyl groups excluding tert-OH is 1. The van der Waals surface area contributed by atoms with Gasteiger partial charge in [-0.3, -0.25) is 9.59 Å². The van der Waals surface area contributed by atoms with Crippen molar-refractivity contribution < 1.29 is 24.9 Å². The summed E-state index contributed by atoms with van der Waals surface area (Å²) in [5.41, 5.74) is 2.59. The van der Waals surface area contributed by atoms with Crippen molar-refractivity contribution in [2.24, 2.45) is 17.8 Å². The van der Waals surface area contributed by atoms with E-state index in [1.807, 2.05) is 13.8 Å². The van der Waals surface area contributed by atoms with E-state index in [1.165, 1.54) is 0 Å². The molecule has 20 heavy (non-hydrogen) atoms. The van der Waals surface area contributed by atoms with Crippen LogP contribution in [0.1, 0.15) is 27.2 Å². The van der Waals surface area contributed by atoms with Gasteiger partial charge in [-0.25, -0.2) is 0 Å². The number of allylic oxidation sites excluding steroid dienone is 1. The Kier molecular flexibility index (Phi) is 3.60. The van der Waals surface area contributed by atoms with Gasteiger partial charge in [-0.1, -0.05) is 18.1 Å². The molecule has 110 valence electrons. The second-order valence-corrected chi connectivity index (χ2v) is 5.96. The van der Waals surface area contributed by atoms with Gasteiger partial charge in [-0.2, -0.15) is 0 Å². The van der Waals surface area contributed by atoms with Crippen LogP contribution >= 0.6 is 0 Å². The van der Waals surface area contributed by atoms with Gasteiger partial charge in [-0.05, 0) is 26.3 Å². The van der Waals surface area contributed by atoms with E-state index in [0.29, 0.717) is 6.42 Å². The van der Waals surface area contributed by atoms with Crippen LogP contribution in [0.3, 0.4) is 0 Å². The summed E-state index contributed by atoms with van der Waals surface area (Å²) >= 11 is 0. The molecule has 5 nitrogen and oxygen atoms in total. The number of fused-ring (bicyclic) bond motifs is 3. The number of ketones is 1. The van der Waals surface area contributed by atoms with Gasteiger partial charge in [-0.15, -0.1) is 0 Å². The minimum absolute atomic E-state index is 0. The molecule has 3 rings (SSSR count). The van der Waals surface area contributed by atoms with E-state index in [1.54, 1.807) is 13.0 Å². The van der Waals surface area contributed by atoms with E-state index in [4.69, 9.17) is 4.74 Å². The van der Waals surface area contributed by atoms with Crippen LogP contribution in [0.25, 0.3) is 0 Å². The number of carbonyl (C=O) groups excluding carboxylic acids is 2. The lowest BCUT2D eigenvalue weighted by atomic mass is 9.80. The quantitative estimate of drug-likeness (QED) is 0.656. The molecular formula is C15H20O5. The van der Waals surface area contributed by atoms with E-state index in [0.717, 1.165) is 16.7 Å². The van der Waals surface area contributed by atoms with Crippen LogP contribution in [0.15, 0.2) is 22.8 Å². The first kappa shape index (κ1) is 14.9. The van der Waals surface area contributed by atoms with Gasteiger partial charge in [0, 0.05) is 17.4 Å². The zero-order valence-corrected chi connectivity index (χ0v) is 11.8. The Morgan fingerprint density at radius 1 is 1.30 bits per heavy atom. The molecule has 5 atom stereocenters. The Bertz CT molecular complexity index is 530. The standard InChI is InChI=1S/C15H18O4.H2O/c1-6-4-10(17)13-8(3)15(18)19-14(13)12-7(2)5-9(16)11(6)12;/h5,8,10,12-14,17H,4H2,1-3H3;1H2/t8?,10-,12?,13?,14+;/m0./s1. The molecule has 0 amide bonds. The number of carbonyl (C=O) groups is 2. The predicted octanol–water partition coefficient (Wildman–Crippen LogP) is 0.566. The molecule has 1 aliphatic heterocycles. The van der Waals surface area contributed by atoms with Crippen molar-refractivity contribution >= 4 is 11.8 Å². The van der Waals surface area contributed by atoms with Crippen LogP contribution < -0.4 is 0 Å². The summed E-state index contributed by atoms with van der Waals surface area (Å²) in [6.07, 6.45) is 1.06. The van der Waals surface area contributed by atoms with E-state index in [2.05, 4.69) is 0 Å². The van der Waals surface area contributed by atoms with Crippen LogP contribution in [0, 0.1) is 17.8 Å². The second kappa shape index (κ2) is 4.82. The fourth-order valence-corrected chi connectivity index (χ4v) is 3.82. The molecular weight excluding hydrogens is 260 g/mol. The highest BCUT2D eigenvalue weighted by Crippen LogP contribution is 2.47. The predicted molar refractivity (Wildman–Crippen MR) is 71.7 cm³/mol. The highest BCUT2D eigenvalue weighted by molar-refractivity contribution is 6.09. The second-order valence-electron chi connectivity index (χ2n) is 5.96. The molecule has 3 N–H and O–H groups in total.